The summed E-state index contributed by atoms with van der Waals surface area (Å²) in [5.74, 6) is -1.10. The molecule has 0 radical (unpaired) electrons. The third kappa shape index (κ3) is 10.3. The lowest BCUT2D eigenvalue weighted by atomic mass is 9.92. The van der Waals surface area contributed by atoms with Crippen LogP contribution >= 0.6 is 20.2 Å². The summed E-state index contributed by atoms with van der Waals surface area (Å²) in [6, 6.07) is 1.61. The molecule has 6 bridgehead atoms. The summed E-state index contributed by atoms with van der Waals surface area (Å²) in [7, 11) is 0. The number of nitrogens with one attached hydrogen (secondary N) is 1. The maximum absolute atomic E-state index is 13.6. The number of anilines is 3. The molecule has 13 rings (SSSR count). The number of nitrogens with two attached hydrogens (primary N) is 3. The molecule has 39 heteroatoms. The number of pyridine rings is 1. The minimum Gasteiger partial charge on any atom is -0.397 e. The summed E-state index contributed by atoms with van der Waals surface area (Å²) in [4.78, 5) is 103. The highest BCUT2D eigenvalue weighted by molar-refractivity contribution is 8.07. The molecule has 1 saturated carbocycles. The molecule has 21 atom stereocenters. The van der Waals surface area contributed by atoms with Crippen molar-refractivity contribution in [3.63, 3.8) is 0 Å². The average Bonchev–Trinajstić information content (AvgIpc) is 1.64. The van der Waals surface area contributed by atoms with Crippen LogP contribution in [-0.4, -0.2) is 165 Å². The van der Waals surface area contributed by atoms with Gasteiger partial charge in [-0.25, -0.2) is 34.5 Å². The Morgan fingerprint density at radius 2 is 1.28 bits per heavy atom. The van der Waals surface area contributed by atoms with Gasteiger partial charge in [-0.1, -0.05) is 13.8 Å². The van der Waals surface area contributed by atoms with E-state index in [4.69, 9.17) is 108 Å². The molecule has 12 heterocycles. The van der Waals surface area contributed by atoms with Crippen molar-refractivity contribution in [2.75, 3.05) is 37.0 Å². The van der Waals surface area contributed by atoms with E-state index in [9.17, 15) is 34.2 Å². The normalized spacial score (nSPS) is 36.9. The molecule has 0 spiro atoms. The van der Waals surface area contributed by atoms with Crippen molar-refractivity contribution >= 4 is 95.2 Å². The molecule has 6 aliphatic heterocycles. The SMILES string of the molecule is CC[C@H]1O[C@@H](n2cc(C)c(=O)[nH]c2=O)C[C@H]1OP(O)(=S)OC[C@]12O[C@@H](n3cc(C)c(N)nc3=O)C(O[C@H]1C)[C@H]2OP(O)(=S)OC[C@]12O[C@@H](n3cnc4c(N)ncnc43)C(C[C@H]1C)[C@H]2OP(O)(=S)OC[C@]12O[C@@H](n3cnc4c(N)ccnc43)C(O[C@H]1C)[C@H]2O. The van der Waals surface area contributed by atoms with Crippen molar-refractivity contribution in [1.29, 1.82) is 0 Å². The Hall–Kier alpha value is -4.56. The summed E-state index contributed by atoms with van der Waals surface area (Å²) in [6.45, 7) is -4.97. The molecular formula is C49H63N14O19P3S3. The van der Waals surface area contributed by atoms with Gasteiger partial charge >= 0.3 is 31.5 Å². The minimum absolute atomic E-state index is 0.0238. The largest absolute Gasteiger partial charge is 0.397 e. The zero-order valence-corrected chi connectivity index (χ0v) is 52.8. The number of imidazole rings is 2. The summed E-state index contributed by atoms with van der Waals surface area (Å²) >= 11 is 17.3. The summed E-state index contributed by atoms with van der Waals surface area (Å²) in [5.41, 5.74) is 13.7. The van der Waals surface area contributed by atoms with Gasteiger partial charge in [0.25, 0.3) is 5.56 Å². The monoisotopic (exact) mass is 1340 g/mol. The van der Waals surface area contributed by atoms with Crippen molar-refractivity contribution < 1.29 is 75.4 Å². The van der Waals surface area contributed by atoms with Gasteiger partial charge in [0.1, 0.15) is 83.0 Å². The highest BCUT2D eigenvalue weighted by atomic mass is 32.5. The topological polar surface area (TPSA) is 434 Å². The fourth-order valence-electron chi connectivity index (χ4n) is 13.3. The van der Waals surface area contributed by atoms with Gasteiger partial charge in [0.15, 0.2) is 29.6 Å². The zero-order valence-electron chi connectivity index (χ0n) is 47.6. The number of aliphatic hydroxyl groups excluding tert-OH is 1. The van der Waals surface area contributed by atoms with Crippen LogP contribution in [-0.2, 0) is 91.0 Å². The number of nitrogen functional groups attached to an aromatic ring is 3. The maximum Gasteiger partial charge on any atom is 0.351 e. The van der Waals surface area contributed by atoms with E-state index in [1.54, 1.807) is 36.0 Å². The van der Waals surface area contributed by atoms with E-state index in [0.717, 1.165) is 4.57 Å². The van der Waals surface area contributed by atoms with E-state index in [1.165, 1.54) is 49.1 Å². The summed E-state index contributed by atoms with van der Waals surface area (Å²) in [5, 5.41) is 11.8. The Labute approximate surface area is 513 Å². The highest BCUT2D eigenvalue weighted by Gasteiger charge is 2.71. The number of rotatable bonds is 20. The third-order valence-corrected chi connectivity index (χ3v) is 22.6. The number of hydrogen-bond donors (Lipinski definition) is 8. The summed E-state index contributed by atoms with van der Waals surface area (Å²) < 4.78 is 82.5. The molecule has 0 aromatic carbocycles. The second-order valence-corrected chi connectivity index (χ2v) is 31.5. The second-order valence-electron chi connectivity index (χ2n) is 23.1. The number of nitrogens with zero attached hydrogens (tertiary/aromatic N) is 10. The Morgan fingerprint density at radius 1 is 0.693 bits per heavy atom. The van der Waals surface area contributed by atoms with Crippen LogP contribution in [0, 0.1) is 25.7 Å². The van der Waals surface area contributed by atoms with Gasteiger partial charge in [-0.05, 0) is 87.9 Å². The van der Waals surface area contributed by atoms with Crippen LogP contribution in [0.15, 0.2) is 58.0 Å². The molecule has 6 saturated heterocycles. The molecule has 6 aromatic heterocycles. The molecule has 7 fully saturated rings. The number of ether oxygens (including phenoxy) is 6. The van der Waals surface area contributed by atoms with E-state index in [2.05, 4.69) is 34.9 Å². The van der Waals surface area contributed by atoms with Crippen molar-refractivity contribution in [3.8, 4) is 0 Å². The molecular weight excluding hydrogens is 1280 g/mol. The molecule has 1 aliphatic carbocycles. The van der Waals surface area contributed by atoms with Crippen molar-refractivity contribution in [2.45, 2.75) is 157 Å². The third-order valence-electron chi connectivity index (χ3n) is 18.0. The number of aromatic amines is 1. The van der Waals surface area contributed by atoms with Crippen LogP contribution in [0.1, 0.15) is 83.0 Å². The molecule has 88 heavy (non-hydrogen) atoms. The maximum atomic E-state index is 13.6. The Bertz CT molecular complexity index is 4110. The van der Waals surface area contributed by atoms with Gasteiger partial charge < -0.3 is 88.0 Å². The standard InChI is InChI=1S/C49H63N14O19P3S3/c1-7-27-28(11-29(76-27)60-13-21(3)41(65)59-46(60)67)80-83(68,86)73-16-49-24(6)75-33(44(79-49)61-12-20(2)37(51)58-45(61)66)36(49)82-85(70,88)71-14-47-22(4)10-25(42(77-47)62-19-57-31-38(52)54-17-55-40(31)62)35(47)81-84(69,87)72-15-48-23(5)74-32(34(48)64)43(78-48)63-18-56-30-26(50)8-9-53-39(30)63/h8-9,12-13,17-19,22-25,27-29,32-36,42-44,64H,7,10-11,14-16H2,1-6H3,(H2,50,53)(H,68,86)(H,69,87)(H,70,88)(H2,51,58,66)(H2,52,54,55)(H,59,65,67)/t22-,23+,24+,25?,27-,28-,29-,32?,33?,34-,35-,36-,42-,43-,44-,47+,48+,49+,83?,84?,85?/m1/s1. The van der Waals surface area contributed by atoms with E-state index in [-0.39, 0.29) is 29.1 Å². The van der Waals surface area contributed by atoms with E-state index in [0.29, 0.717) is 40.9 Å². The quantitative estimate of drug-likeness (QED) is 0.0501. The van der Waals surface area contributed by atoms with Gasteiger partial charge in [0.05, 0.1) is 62.6 Å². The number of hydrogen-bond acceptors (Lipinski definition) is 28. The highest BCUT2D eigenvalue weighted by Crippen LogP contribution is 2.65. The fourth-order valence-corrected chi connectivity index (χ4v) is 17.7. The molecule has 6 aromatic rings. The smallest absolute Gasteiger partial charge is 0.351 e. The Morgan fingerprint density at radius 3 is 2.01 bits per heavy atom. The fraction of sp³-hybridized carbons (Fsp3) is 0.612. The van der Waals surface area contributed by atoms with Crippen LogP contribution in [0.5, 0.6) is 0 Å². The van der Waals surface area contributed by atoms with Gasteiger partial charge in [0, 0.05) is 42.1 Å². The lowest BCUT2D eigenvalue weighted by Gasteiger charge is -2.39. The average molecular weight is 1340 g/mol. The van der Waals surface area contributed by atoms with Crippen molar-refractivity contribution in [2.24, 2.45) is 11.8 Å². The van der Waals surface area contributed by atoms with Gasteiger partial charge in [-0.15, -0.1) is 0 Å². The Kier molecular flexibility index (Phi) is 15.8. The predicted molar refractivity (Wildman–Crippen MR) is 317 cm³/mol. The number of aromatic nitrogens is 11. The first-order valence-electron chi connectivity index (χ1n) is 27.9. The minimum atomic E-state index is -4.62. The molecule has 0 amide bonds. The van der Waals surface area contributed by atoms with Crippen LogP contribution in [0.3, 0.4) is 0 Å². The second kappa shape index (κ2) is 22.3. The number of aryl methyl sites for hydroxylation is 2. The molecule has 6 unspecified atom stereocenters. The van der Waals surface area contributed by atoms with Gasteiger partial charge in [0.2, 0.25) is 0 Å². The first-order chi connectivity index (χ1) is 41.6. The van der Waals surface area contributed by atoms with Crippen LogP contribution in [0.4, 0.5) is 17.3 Å². The Balaban J connectivity index is 0.771. The van der Waals surface area contributed by atoms with E-state index >= 15 is 0 Å². The van der Waals surface area contributed by atoms with Crippen molar-refractivity contribution in [1.82, 2.24) is 53.2 Å². The lowest BCUT2D eigenvalue weighted by Crippen LogP contribution is -2.51. The zero-order chi connectivity index (χ0) is 62.5. The lowest BCUT2D eigenvalue weighted by molar-refractivity contribution is -0.216. The number of fused-ring (bicyclic) bond motifs is 8. The summed E-state index contributed by atoms with van der Waals surface area (Å²) in [6.07, 6.45) is -4.37. The molecule has 476 valence electrons. The molecule has 11 N–H and O–H groups in total. The van der Waals surface area contributed by atoms with Crippen LogP contribution < -0.4 is 34.1 Å². The van der Waals surface area contributed by atoms with Gasteiger partial charge in [-0.3, -0.25) is 32.6 Å². The van der Waals surface area contributed by atoms with Crippen molar-refractivity contribution in [3.05, 3.63) is 86.1 Å². The molecule has 33 nitrogen and oxygen atoms in total. The van der Waals surface area contributed by atoms with Crippen LogP contribution in [0.2, 0.25) is 0 Å². The van der Waals surface area contributed by atoms with E-state index in [1.807, 2.05) is 13.8 Å². The van der Waals surface area contributed by atoms with E-state index < -0.39 is 165 Å². The first-order valence-corrected chi connectivity index (χ1v) is 35.7. The number of aliphatic hydroxyl groups is 1. The van der Waals surface area contributed by atoms with Crippen LogP contribution in [0.25, 0.3) is 22.3 Å². The predicted octanol–water partition coefficient (Wildman–Crippen LogP) is 1.39. The molecule has 7 aliphatic rings. The number of H-pyrrole nitrogens is 1. The first kappa shape index (κ1) is 62.3. The van der Waals surface area contributed by atoms with Gasteiger partial charge in [-0.2, -0.15) is 4.98 Å².